The van der Waals surface area contributed by atoms with Crippen LogP contribution >= 0.6 is 0 Å². The Bertz CT molecular complexity index is 359. The van der Waals surface area contributed by atoms with E-state index in [1.54, 1.807) is 0 Å². The van der Waals surface area contributed by atoms with Crippen LogP contribution in [0.5, 0.6) is 0 Å². The van der Waals surface area contributed by atoms with E-state index in [4.69, 9.17) is 5.73 Å². The smallest absolute Gasteiger partial charge is 0.226 e. The van der Waals surface area contributed by atoms with Crippen LogP contribution in [0.25, 0.3) is 0 Å². The van der Waals surface area contributed by atoms with Gasteiger partial charge < -0.3 is 16.0 Å². The van der Waals surface area contributed by atoms with Crippen LogP contribution in [0, 0.1) is 17.8 Å². The zero-order chi connectivity index (χ0) is 14.0. The molecule has 1 aliphatic carbocycles. The lowest BCUT2D eigenvalue weighted by molar-refractivity contribution is -0.138. The number of nitrogens with two attached hydrogens (primary N) is 1. The fraction of sp³-hybridized carbons (Fsp3) is 0.857. The molecule has 1 saturated heterocycles. The van der Waals surface area contributed by atoms with Crippen LogP contribution in [0.4, 0.5) is 0 Å². The Labute approximate surface area is 114 Å². The summed E-state index contributed by atoms with van der Waals surface area (Å²) < 4.78 is 0. The van der Waals surface area contributed by atoms with Crippen molar-refractivity contribution in [3.05, 3.63) is 0 Å². The summed E-state index contributed by atoms with van der Waals surface area (Å²) in [5.74, 6) is 1.13. The summed E-state index contributed by atoms with van der Waals surface area (Å²) in [5.41, 5.74) is 6.11. The van der Waals surface area contributed by atoms with Crippen molar-refractivity contribution in [1.82, 2.24) is 10.2 Å². The lowest BCUT2D eigenvalue weighted by Crippen LogP contribution is -2.47. The maximum Gasteiger partial charge on any atom is 0.226 e. The zero-order valence-electron chi connectivity index (χ0n) is 11.9. The molecule has 2 fully saturated rings. The summed E-state index contributed by atoms with van der Waals surface area (Å²) in [6.45, 7) is 6.04. The van der Waals surface area contributed by atoms with Gasteiger partial charge >= 0.3 is 0 Å². The fourth-order valence-corrected chi connectivity index (χ4v) is 3.25. The average molecular weight is 267 g/mol. The summed E-state index contributed by atoms with van der Waals surface area (Å²) in [6.07, 6.45) is 2.21. The third-order valence-electron chi connectivity index (χ3n) is 4.63. The van der Waals surface area contributed by atoms with Crippen LogP contribution in [-0.2, 0) is 9.59 Å². The Balaban J connectivity index is 2.00. The number of rotatable bonds is 1. The maximum absolute atomic E-state index is 12.6. The van der Waals surface area contributed by atoms with Gasteiger partial charge in [-0.15, -0.1) is 0 Å². The first kappa shape index (κ1) is 14.3. The molecule has 5 nitrogen and oxygen atoms in total. The van der Waals surface area contributed by atoms with Crippen LogP contribution < -0.4 is 11.1 Å². The minimum Gasteiger partial charge on any atom is -0.354 e. The van der Waals surface area contributed by atoms with Crippen molar-refractivity contribution in [2.75, 3.05) is 19.6 Å². The number of hydrogen-bond donors (Lipinski definition) is 2. The van der Waals surface area contributed by atoms with Gasteiger partial charge in [-0.3, -0.25) is 9.59 Å². The van der Waals surface area contributed by atoms with Crippen molar-refractivity contribution in [1.29, 1.82) is 0 Å². The Hall–Kier alpha value is -1.10. The molecule has 1 saturated carbocycles. The normalized spacial score (nSPS) is 36.6. The van der Waals surface area contributed by atoms with Gasteiger partial charge in [-0.05, 0) is 24.7 Å². The van der Waals surface area contributed by atoms with E-state index in [1.165, 1.54) is 0 Å². The second-order valence-electron chi connectivity index (χ2n) is 6.12. The van der Waals surface area contributed by atoms with Gasteiger partial charge in [-0.25, -0.2) is 0 Å². The third-order valence-corrected chi connectivity index (χ3v) is 4.63. The molecule has 108 valence electrons. The molecule has 19 heavy (non-hydrogen) atoms. The van der Waals surface area contributed by atoms with Crippen LogP contribution in [0.15, 0.2) is 0 Å². The molecule has 1 heterocycles. The Morgan fingerprint density at radius 2 is 2.00 bits per heavy atom. The van der Waals surface area contributed by atoms with Crippen molar-refractivity contribution in [3.8, 4) is 0 Å². The fourth-order valence-electron chi connectivity index (χ4n) is 3.25. The molecule has 4 unspecified atom stereocenters. The van der Waals surface area contributed by atoms with Gasteiger partial charge in [0.1, 0.15) is 0 Å². The first-order chi connectivity index (χ1) is 8.99. The summed E-state index contributed by atoms with van der Waals surface area (Å²) >= 11 is 0. The highest BCUT2D eigenvalue weighted by molar-refractivity contribution is 5.81. The van der Waals surface area contributed by atoms with Gasteiger partial charge in [0.25, 0.3) is 0 Å². The molecule has 4 atom stereocenters. The van der Waals surface area contributed by atoms with E-state index in [0.29, 0.717) is 37.9 Å². The van der Waals surface area contributed by atoms with E-state index >= 15 is 0 Å². The van der Waals surface area contributed by atoms with Crippen molar-refractivity contribution >= 4 is 11.8 Å². The standard InChI is InChI=1S/C14H25N3O2/c1-9-7-10(2)12(15)8-11(9)14(19)17-5-3-13(18)16-4-6-17/h9-12H,3-8,15H2,1-2H3,(H,16,18). The molecule has 5 heteroatoms. The molecular formula is C14H25N3O2. The summed E-state index contributed by atoms with van der Waals surface area (Å²) in [5, 5.41) is 2.80. The van der Waals surface area contributed by atoms with Crippen LogP contribution in [0.3, 0.4) is 0 Å². The second kappa shape index (κ2) is 5.90. The van der Waals surface area contributed by atoms with E-state index in [9.17, 15) is 9.59 Å². The Kier molecular flexibility index (Phi) is 4.45. The van der Waals surface area contributed by atoms with Crippen LogP contribution in [0.2, 0.25) is 0 Å². The van der Waals surface area contributed by atoms with Crippen molar-refractivity contribution < 1.29 is 9.59 Å². The summed E-state index contributed by atoms with van der Waals surface area (Å²) in [4.78, 5) is 25.8. The van der Waals surface area contributed by atoms with E-state index in [-0.39, 0.29) is 23.8 Å². The lowest BCUT2D eigenvalue weighted by Gasteiger charge is -2.38. The maximum atomic E-state index is 12.6. The molecule has 0 aromatic heterocycles. The predicted molar refractivity (Wildman–Crippen MR) is 73.2 cm³/mol. The first-order valence-corrected chi connectivity index (χ1v) is 7.30. The molecule has 0 spiro atoms. The monoisotopic (exact) mass is 267 g/mol. The van der Waals surface area contributed by atoms with E-state index in [0.717, 1.165) is 12.8 Å². The number of carbonyl (C=O) groups is 2. The predicted octanol–water partition coefficient (Wildman–Crippen LogP) is 0.344. The molecule has 2 amide bonds. The number of hydrogen-bond acceptors (Lipinski definition) is 3. The molecule has 2 aliphatic rings. The highest BCUT2D eigenvalue weighted by Crippen LogP contribution is 2.34. The summed E-state index contributed by atoms with van der Waals surface area (Å²) in [7, 11) is 0. The van der Waals surface area contributed by atoms with Crippen LogP contribution in [-0.4, -0.2) is 42.4 Å². The van der Waals surface area contributed by atoms with Gasteiger partial charge in [0.2, 0.25) is 11.8 Å². The number of carbonyl (C=O) groups excluding carboxylic acids is 2. The number of nitrogens with zero attached hydrogens (tertiary/aromatic N) is 1. The van der Waals surface area contributed by atoms with Crippen molar-refractivity contribution in [2.45, 2.75) is 39.2 Å². The Morgan fingerprint density at radius 1 is 1.26 bits per heavy atom. The number of amides is 2. The molecule has 0 aromatic carbocycles. The highest BCUT2D eigenvalue weighted by Gasteiger charge is 2.37. The SMILES string of the molecule is CC1CC(C)C(C(=O)N2CCNC(=O)CC2)CC1N. The molecular weight excluding hydrogens is 242 g/mol. The van der Waals surface area contributed by atoms with Gasteiger partial charge in [0.15, 0.2) is 0 Å². The third kappa shape index (κ3) is 3.26. The second-order valence-corrected chi connectivity index (χ2v) is 6.12. The molecule has 1 aliphatic heterocycles. The van der Waals surface area contributed by atoms with Gasteiger partial charge in [-0.1, -0.05) is 13.8 Å². The van der Waals surface area contributed by atoms with Gasteiger partial charge in [-0.2, -0.15) is 0 Å². The molecule has 3 N–H and O–H groups in total. The van der Waals surface area contributed by atoms with Gasteiger partial charge in [0, 0.05) is 38.0 Å². The number of nitrogens with one attached hydrogen (secondary N) is 1. The average Bonchev–Trinajstić information content (AvgIpc) is 2.58. The minimum atomic E-state index is 0.0272. The molecule has 0 bridgehead atoms. The van der Waals surface area contributed by atoms with E-state index in [2.05, 4.69) is 19.2 Å². The first-order valence-electron chi connectivity index (χ1n) is 7.30. The molecule has 0 radical (unpaired) electrons. The highest BCUT2D eigenvalue weighted by atomic mass is 16.2. The topological polar surface area (TPSA) is 75.4 Å². The largest absolute Gasteiger partial charge is 0.354 e. The van der Waals surface area contributed by atoms with Gasteiger partial charge in [0.05, 0.1) is 0 Å². The molecule has 0 aromatic rings. The van der Waals surface area contributed by atoms with E-state index in [1.807, 2.05) is 4.90 Å². The molecule has 2 rings (SSSR count). The van der Waals surface area contributed by atoms with E-state index < -0.39 is 0 Å². The quantitative estimate of drug-likeness (QED) is 0.719. The van der Waals surface area contributed by atoms with Crippen LogP contribution in [0.1, 0.15) is 33.1 Å². The van der Waals surface area contributed by atoms with Crippen molar-refractivity contribution in [3.63, 3.8) is 0 Å². The van der Waals surface area contributed by atoms with Crippen molar-refractivity contribution in [2.24, 2.45) is 23.5 Å². The minimum absolute atomic E-state index is 0.0272. The zero-order valence-corrected chi connectivity index (χ0v) is 11.9. The Morgan fingerprint density at radius 3 is 2.74 bits per heavy atom. The lowest BCUT2D eigenvalue weighted by atomic mass is 9.72. The summed E-state index contributed by atoms with van der Waals surface area (Å²) in [6, 6.07) is 0.122.